The van der Waals surface area contributed by atoms with Gasteiger partial charge in [0, 0.05) is 51.4 Å². The Morgan fingerprint density at radius 2 is 1.87 bits per heavy atom. The van der Waals surface area contributed by atoms with Gasteiger partial charge in [-0.15, -0.1) is 0 Å². The highest BCUT2D eigenvalue weighted by molar-refractivity contribution is 5.93. The van der Waals surface area contributed by atoms with Crippen LogP contribution >= 0.6 is 0 Å². The summed E-state index contributed by atoms with van der Waals surface area (Å²) in [4.78, 5) is 25.1. The maximum atomic E-state index is 12.2. The van der Waals surface area contributed by atoms with Gasteiger partial charge in [-0.1, -0.05) is 20.8 Å². The lowest BCUT2D eigenvalue weighted by Crippen LogP contribution is -2.46. The van der Waals surface area contributed by atoms with Crippen molar-refractivity contribution < 1.29 is 4.79 Å². The standard InChI is InChI=1S/C17H29N5O/c1-4-21-7-9-22(10-8-21)6-5-14-19-13-11-17(2,3)12-18-16(23)15(13)20-14/h4-12H2,1-3H3,(H,18,23)(H,19,20). The second-order valence-electron chi connectivity index (χ2n) is 7.56. The number of likely N-dealkylation sites (N-methyl/N-ethyl adjacent to an activating group) is 1. The molecule has 3 heterocycles. The van der Waals surface area contributed by atoms with Crippen molar-refractivity contribution in [3.05, 3.63) is 17.2 Å². The maximum absolute atomic E-state index is 12.2. The van der Waals surface area contributed by atoms with Gasteiger partial charge in [-0.2, -0.15) is 0 Å². The molecule has 0 aliphatic carbocycles. The van der Waals surface area contributed by atoms with Gasteiger partial charge in [0.1, 0.15) is 11.5 Å². The van der Waals surface area contributed by atoms with Crippen molar-refractivity contribution in [3.8, 4) is 0 Å². The number of carbonyl (C=O) groups is 1. The first kappa shape index (κ1) is 16.5. The van der Waals surface area contributed by atoms with Crippen molar-refractivity contribution in [3.63, 3.8) is 0 Å². The fraction of sp³-hybridized carbons (Fsp3) is 0.765. The highest BCUT2D eigenvalue weighted by Crippen LogP contribution is 2.25. The van der Waals surface area contributed by atoms with Crippen molar-refractivity contribution in [2.45, 2.75) is 33.6 Å². The Balaban J connectivity index is 1.60. The molecule has 0 bridgehead atoms. The predicted octanol–water partition coefficient (Wildman–Crippen LogP) is 0.902. The van der Waals surface area contributed by atoms with Crippen molar-refractivity contribution in [1.29, 1.82) is 0 Å². The first-order valence-electron chi connectivity index (χ1n) is 8.77. The van der Waals surface area contributed by atoms with Gasteiger partial charge in [-0.25, -0.2) is 4.98 Å². The SMILES string of the molecule is CCN1CCN(CCc2nc3c([nH]2)CC(C)(C)CNC3=O)CC1. The summed E-state index contributed by atoms with van der Waals surface area (Å²) in [7, 11) is 0. The summed E-state index contributed by atoms with van der Waals surface area (Å²) in [5.41, 5.74) is 1.67. The molecule has 0 atom stereocenters. The molecule has 23 heavy (non-hydrogen) atoms. The molecule has 0 saturated carbocycles. The van der Waals surface area contributed by atoms with Crippen LogP contribution < -0.4 is 5.32 Å². The molecule has 128 valence electrons. The van der Waals surface area contributed by atoms with Gasteiger partial charge in [0.05, 0.1) is 0 Å². The highest BCUT2D eigenvalue weighted by atomic mass is 16.1. The van der Waals surface area contributed by atoms with Crippen LogP contribution in [-0.2, 0) is 12.8 Å². The predicted molar refractivity (Wildman–Crippen MR) is 90.7 cm³/mol. The van der Waals surface area contributed by atoms with Crippen molar-refractivity contribution in [2.75, 3.05) is 45.8 Å². The number of fused-ring (bicyclic) bond motifs is 1. The van der Waals surface area contributed by atoms with Crippen LogP contribution in [0.4, 0.5) is 0 Å². The minimum Gasteiger partial charge on any atom is -0.350 e. The van der Waals surface area contributed by atoms with Crippen LogP contribution in [0, 0.1) is 5.41 Å². The maximum Gasteiger partial charge on any atom is 0.271 e. The second-order valence-corrected chi connectivity index (χ2v) is 7.56. The third kappa shape index (κ3) is 3.93. The van der Waals surface area contributed by atoms with Crippen molar-refractivity contribution >= 4 is 5.91 Å². The summed E-state index contributed by atoms with van der Waals surface area (Å²) in [5, 5.41) is 2.98. The van der Waals surface area contributed by atoms with Crippen molar-refractivity contribution in [1.82, 2.24) is 25.1 Å². The van der Waals surface area contributed by atoms with E-state index in [-0.39, 0.29) is 11.3 Å². The Morgan fingerprint density at radius 3 is 2.57 bits per heavy atom. The Labute approximate surface area is 138 Å². The van der Waals surface area contributed by atoms with Crippen LogP contribution in [0.3, 0.4) is 0 Å². The molecule has 1 aromatic rings. The molecule has 1 amide bonds. The Hall–Kier alpha value is -1.40. The number of nitrogens with zero attached hydrogens (tertiary/aromatic N) is 3. The van der Waals surface area contributed by atoms with E-state index in [0.717, 1.165) is 63.6 Å². The quantitative estimate of drug-likeness (QED) is 0.865. The number of rotatable bonds is 4. The zero-order valence-corrected chi connectivity index (χ0v) is 14.6. The zero-order chi connectivity index (χ0) is 16.4. The molecule has 1 saturated heterocycles. The summed E-state index contributed by atoms with van der Waals surface area (Å²) >= 11 is 0. The van der Waals surface area contributed by atoms with Gasteiger partial charge in [0.15, 0.2) is 0 Å². The monoisotopic (exact) mass is 319 g/mol. The zero-order valence-electron chi connectivity index (χ0n) is 14.6. The minimum absolute atomic E-state index is 0.0374. The Morgan fingerprint density at radius 1 is 1.17 bits per heavy atom. The first-order chi connectivity index (χ1) is 11.0. The fourth-order valence-electron chi connectivity index (χ4n) is 3.44. The first-order valence-corrected chi connectivity index (χ1v) is 8.77. The smallest absolute Gasteiger partial charge is 0.271 e. The lowest BCUT2D eigenvalue weighted by atomic mass is 9.88. The number of carbonyl (C=O) groups excluding carboxylic acids is 1. The van der Waals surface area contributed by atoms with Gasteiger partial charge in [0.25, 0.3) is 5.91 Å². The van der Waals surface area contributed by atoms with E-state index in [1.165, 1.54) is 0 Å². The number of aromatic nitrogens is 2. The fourth-order valence-corrected chi connectivity index (χ4v) is 3.44. The van der Waals surface area contributed by atoms with E-state index in [1.54, 1.807) is 0 Å². The number of piperazine rings is 1. The molecule has 0 unspecified atom stereocenters. The van der Waals surface area contributed by atoms with Crippen molar-refractivity contribution in [2.24, 2.45) is 5.41 Å². The van der Waals surface area contributed by atoms with Gasteiger partial charge < -0.3 is 20.1 Å². The van der Waals surface area contributed by atoms with E-state index in [2.05, 4.69) is 45.9 Å². The van der Waals surface area contributed by atoms with E-state index in [1.807, 2.05) is 0 Å². The topological polar surface area (TPSA) is 64.3 Å². The lowest BCUT2D eigenvalue weighted by Gasteiger charge is -2.33. The Bertz CT molecular complexity index is 557. The number of H-pyrrole nitrogens is 1. The molecule has 0 radical (unpaired) electrons. The third-order valence-corrected chi connectivity index (χ3v) is 5.00. The number of nitrogens with one attached hydrogen (secondary N) is 2. The summed E-state index contributed by atoms with van der Waals surface area (Å²) in [6.07, 6.45) is 1.75. The molecule has 0 spiro atoms. The molecule has 6 nitrogen and oxygen atoms in total. The van der Waals surface area contributed by atoms with Crippen LogP contribution in [0.25, 0.3) is 0 Å². The van der Waals surface area contributed by atoms with Crippen LogP contribution in [0.15, 0.2) is 0 Å². The number of imidazole rings is 1. The number of hydrogen-bond donors (Lipinski definition) is 2. The summed E-state index contributed by atoms with van der Waals surface area (Å²) in [6.45, 7) is 14.0. The number of hydrogen-bond acceptors (Lipinski definition) is 4. The van der Waals surface area contributed by atoms with Gasteiger partial charge in [-0.05, 0) is 18.4 Å². The van der Waals surface area contributed by atoms with E-state index in [9.17, 15) is 4.79 Å². The van der Waals surface area contributed by atoms with E-state index >= 15 is 0 Å². The molecule has 3 rings (SSSR count). The molecule has 1 aromatic heterocycles. The van der Waals surface area contributed by atoms with Gasteiger partial charge in [0.2, 0.25) is 0 Å². The molecule has 1 fully saturated rings. The highest BCUT2D eigenvalue weighted by Gasteiger charge is 2.29. The lowest BCUT2D eigenvalue weighted by molar-refractivity contribution is 0.0940. The minimum atomic E-state index is -0.0374. The van der Waals surface area contributed by atoms with Crippen LogP contribution in [0.2, 0.25) is 0 Å². The van der Waals surface area contributed by atoms with Gasteiger partial charge >= 0.3 is 0 Å². The molecule has 2 N–H and O–H groups in total. The average Bonchev–Trinajstić information content (AvgIpc) is 2.89. The molecular formula is C17H29N5O. The summed E-state index contributed by atoms with van der Waals surface area (Å²) in [6, 6.07) is 0. The van der Waals surface area contributed by atoms with Crippen LogP contribution in [-0.4, -0.2) is 71.5 Å². The molecule has 2 aliphatic heterocycles. The molecular weight excluding hydrogens is 290 g/mol. The second kappa shape index (κ2) is 6.61. The normalized spacial score (nSPS) is 22.5. The van der Waals surface area contributed by atoms with Gasteiger partial charge in [-0.3, -0.25) is 4.79 Å². The molecule has 0 aromatic carbocycles. The van der Waals surface area contributed by atoms with Crippen LogP contribution in [0.1, 0.15) is 42.8 Å². The number of amides is 1. The molecule has 2 aliphatic rings. The van der Waals surface area contributed by atoms with Crippen LogP contribution in [0.5, 0.6) is 0 Å². The van der Waals surface area contributed by atoms with E-state index in [0.29, 0.717) is 12.2 Å². The Kier molecular flexibility index (Phi) is 4.73. The van der Waals surface area contributed by atoms with E-state index < -0.39 is 0 Å². The third-order valence-electron chi connectivity index (χ3n) is 5.00. The summed E-state index contributed by atoms with van der Waals surface area (Å²) in [5.74, 6) is 0.908. The number of aromatic amines is 1. The average molecular weight is 319 g/mol. The summed E-state index contributed by atoms with van der Waals surface area (Å²) < 4.78 is 0. The largest absolute Gasteiger partial charge is 0.350 e. The molecule has 6 heteroatoms. The van der Waals surface area contributed by atoms with E-state index in [4.69, 9.17) is 0 Å².